The quantitative estimate of drug-likeness (QED) is 0.695. The summed E-state index contributed by atoms with van der Waals surface area (Å²) >= 11 is 2.31. The molecule has 0 radical (unpaired) electrons. The number of halogens is 1. The molecule has 0 spiro atoms. The fraction of sp³-hybridized carbons (Fsp3) is 0.375. The van der Waals surface area contributed by atoms with Crippen LogP contribution in [-0.2, 0) is 6.42 Å². The van der Waals surface area contributed by atoms with Crippen molar-refractivity contribution in [3.8, 4) is 0 Å². The second-order valence-corrected chi connectivity index (χ2v) is 3.43. The molecule has 0 fully saturated rings. The third-order valence-corrected chi connectivity index (χ3v) is 2.58. The second kappa shape index (κ2) is 3.32. The molecule has 0 saturated heterocycles. The molecule has 0 aromatic carbocycles. The lowest BCUT2D eigenvalue weighted by molar-refractivity contribution is 1.07. The Balaban J connectivity index is 3.04. The molecular weight excluding hydrogens is 237 g/mol. The molecule has 0 aliphatic rings. The molecule has 0 atom stereocenters. The van der Waals surface area contributed by atoms with E-state index in [9.17, 15) is 0 Å². The van der Waals surface area contributed by atoms with Gasteiger partial charge in [-0.25, -0.2) is 0 Å². The highest BCUT2D eigenvalue weighted by molar-refractivity contribution is 14.1. The van der Waals surface area contributed by atoms with Crippen LogP contribution in [0.15, 0.2) is 12.3 Å². The number of nitrogens with zero attached hydrogens (tertiary/aromatic N) is 1. The maximum absolute atomic E-state index is 4.24. The van der Waals surface area contributed by atoms with Gasteiger partial charge in [-0.1, -0.05) is 6.92 Å². The van der Waals surface area contributed by atoms with Gasteiger partial charge in [0.25, 0.3) is 0 Å². The number of hydrogen-bond acceptors (Lipinski definition) is 1. The van der Waals surface area contributed by atoms with Crippen LogP contribution in [0.1, 0.15) is 18.2 Å². The summed E-state index contributed by atoms with van der Waals surface area (Å²) in [4.78, 5) is 4.24. The second-order valence-electron chi connectivity index (χ2n) is 2.26. The zero-order chi connectivity index (χ0) is 7.56. The van der Waals surface area contributed by atoms with Crippen LogP contribution < -0.4 is 0 Å². The maximum atomic E-state index is 4.24. The minimum absolute atomic E-state index is 1.07. The van der Waals surface area contributed by atoms with Crippen molar-refractivity contribution in [1.29, 1.82) is 0 Å². The van der Waals surface area contributed by atoms with Gasteiger partial charge >= 0.3 is 0 Å². The Kier molecular flexibility index (Phi) is 2.65. The first-order valence-electron chi connectivity index (χ1n) is 3.35. The van der Waals surface area contributed by atoms with Gasteiger partial charge in [0, 0.05) is 9.77 Å². The van der Waals surface area contributed by atoms with Crippen LogP contribution in [0.4, 0.5) is 0 Å². The van der Waals surface area contributed by atoms with E-state index in [4.69, 9.17) is 0 Å². The average Bonchev–Trinajstić information content (AvgIpc) is 1.95. The third kappa shape index (κ3) is 1.68. The fourth-order valence-electron chi connectivity index (χ4n) is 0.739. The van der Waals surface area contributed by atoms with Crippen molar-refractivity contribution >= 4 is 22.6 Å². The lowest BCUT2D eigenvalue weighted by Gasteiger charge is -1.98. The highest BCUT2D eigenvalue weighted by atomic mass is 127. The van der Waals surface area contributed by atoms with Gasteiger partial charge in [-0.3, -0.25) is 4.98 Å². The Morgan fingerprint density at radius 3 is 2.80 bits per heavy atom. The molecule has 2 heteroatoms. The van der Waals surface area contributed by atoms with E-state index in [1.54, 1.807) is 0 Å². The minimum Gasteiger partial charge on any atom is -0.260 e. The van der Waals surface area contributed by atoms with Crippen molar-refractivity contribution in [2.75, 3.05) is 0 Å². The number of aryl methyl sites for hydroxylation is 2. The largest absolute Gasteiger partial charge is 0.260 e. The van der Waals surface area contributed by atoms with E-state index in [0.29, 0.717) is 0 Å². The Bertz CT molecular complexity index is 233. The van der Waals surface area contributed by atoms with Gasteiger partial charge in [0.15, 0.2) is 0 Å². The summed E-state index contributed by atoms with van der Waals surface area (Å²) in [5, 5.41) is 0. The van der Waals surface area contributed by atoms with Crippen molar-refractivity contribution in [2.45, 2.75) is 20.3 Å². The molecule has 0 unspecified atom stereocenters. The Hall–Kier alpha value is -0.120. The van der Waals surface area contributed by atoms with Crippen LogP contribution in [0.2, 0.25) is 0 Å². The van der Waals surface area contributed by atoms with Crippen molar-refractivity contribution in [1.82, 2.24) is 4.98 Å². The number of hydrogen-bond donors (Lipinski definition) is 0. The van der Waals surface area contributed by atoms with Crippen LogP contribution in [0.3, 0.4) is 0 Å². The van der Waals surface area contributed by atoms with Gasteiger partial charge < -0.3 is 0 Å². The van der Waals surface area contributed by atoms with E-state index in [2.05, 4.69) is 40.6 Å². The molecule has 0 saturated carbocycles. The summed E-state index contributed by atoms with van der Waals surface area (Å²) in [5.41, 5.74) is 2.44. The molecule has 1 aromatic heterocycles. The van der Waals surface area contributed by atoms with E-state index >= 15 is 0 Å². The van der Waals surface area contributed by atoms with Gasteiger partial charge in [0.2, 0.25) is 0 Å². The van der Waals surface area contributed by atoms with Gasteiger partial charge in [-0.15, -0.1) is 0 Å². The predicted octanol–water partition coefficient (Wildman–Crippen LogP) is 2.56. The van der Waals surface area contributed by atoms with Gasteiger partial charge in [0.1, 0.15) is 0 Å². The van der Waals surface area contributed by atoms with E-state index in [0.717, 1.165) is 12.1 Å². The maximum Gasteiger partial charge on any atom is 0.0506 e. The summed E-state index contributed by atoms with van der Waals surface area (Å²) in [7, 11) is 0. The van der Waals surface area contributed by atoms with E-state index in [1.165, 1.54) is 9.13 Å². The number of rotatable bonds is 1. The lowest BCUT2D eigenvalue weighted by Crippen LogP contribution is -1.89. The summed E-state index contributed by atoms with van der Waals surface area (Å²) < 4.78 is 1.26. The first kappa shape index (κ1) is 7.98. The van der Waals surface area contributed by atoms with Crippen LogP contribution in [0, 0.1) is 10.5 Å². The first-order chi connectivity index (χ1) is 4.74. The number of aromatic nitrogens is 1. The topological polar surface area (TPSA) is 12.9 Å². The monoisotopic (exact) mass is 247 g/mol. The average molecular weight is 247 g/mol. The van der Waals surface area contributed by atoms with Crippen molar-refractivity contribution in [2.24, 2.45) is 0 Å². The molecule has 1 nitrogen and oxygen atoms in total. The molecule has 0 N–H and O–H groups in total. The van der Waals surface area contributed by atoms with Crippen molar-refractivity contribution in [3.63, 3.8) is 0 Å². The molecule has 0 amide bonds. The molecule has 0 bridgehead atoms. The summed E-state index contributed by atoms with van der Waals surface area (Å²) in [6.45, 7) is 4.17. The normalized spacial score (nSPS) is 9.90. The van der Waals surface area contributed by atoms with E-state index in [-0.39, 0.29) is 0 Å². The zero-order valence-electron chi connectivity index (χ0n) is 6.19. The van der Waals surface area contributed by atoms with Gasteiger partial charge in [0.05, 0.1) is 5.69 Å². The molecule has 0 aliphatic heterocycles. The summed E-state index contributed by atoms with van der Waals surface area (Å²) in [6.07, 6.45) is 3.01. The van der Waals surface area contributed by atoms with Crippen molar-refractivity contribution in [3.05, 3.63) is 27.1 Å². The smallest absolute Gasteiger partial charge is 0.0506 e. The van der Waals surface area contributed by atoms with E-state index in [1.807, 2.05) is 13.1 Å². The molecule has 10 heavy (non-hydrogen) atoms. The minimum atomic E-state index is 1.07. The fourth-order valence-corrected chi connectivity index (χ4v) is 1.28. The highest BCUT2D eigenvalue weighted by Gasteiger charge is 1.95. The van der Waals surface area contributed by atoms with Crippen LogP contribution in [0.5, 0.6) is 0 Å². The first-order valence-corrected chi connectivity index (χ1v) is 4.43. The standard InChI is InChI=1S/C8H10IN/c1-3-7-4-8(9)6(2)10-5-7/h4-5H,3H2,1-2H3. The van der Waals surface area contributed by atoms with Gasteiger partial charge in [-0.05, 0) is 47.6 Å². The Labute approximate surface area is 75.0 Å². The lowest BCUT2D eigenvalue weighted by atomic mass is 10.2. The Morgan fingerprint density at radius 1 is 1.60 bits per heavy atom. The molecule has 1 aromatic rings. The molecular formula is C8H10IN. The van der Waals surface area contributed by atoms with Crippen LogP contribution >= 0.6 is 22.6 Å². The molecule has 1 heterocycles. The SMILES string of the molecule is CCc1cnc(C)c(I)c1. The molecule has 1 rings (SSSR count). The van der Waals surface area contributed by atoms with Crippen molar-refractivity contribution < 1.29 is 0 Å². The summed E-state index contributed by atoms with van der Waals surface area (Å²) in [6, 6.07) is 2.18. The molecule has 0 aliphatic carbocycles. The molecule has 54 valence electrons. The predicted molar refractivity (Wildman–Crippen MR) is 51.1 cm³/mol. The van der Waals surface area contributed by atoms with E-state index < -0.39 is 0 Å². The van der Waals surface area contributed by atoms with Crippen LogP contribution in [0.25, 0.3) is 0 Å². The third-order valence-electron chi connectivity index (χ3n) is 1.49. The van der Waals surface area contributed by atoms with Crippen LogP contribution in [-0.4, -0.2) is 4.98 Å². The highest BCUT2D eigenvalue weighted by Crippen LogP contribution is 2.10. The van der Waals surface area contributed by atoms with Gasteiger partial charge in [-0.2, -0.15) is 0 Å². The summed E-state index contributed by atoms with van der Waals surface area (Å²) in [5.74, 6) is 0. The zero-order valence-corrected chi connectivity index (χ0v) is 8.34. The number of pyridine rings is 1. The Morgan fingerprint density at radius 2 is 2.30 bits per heavy atom.